The van der Waals surface area contributed by atoms with Crippen LogP contribution in [0.4, 0.5) is 5.82 Å². The van der Waals surface area contributed by atoms with Gasteiger partial charge < -0.3 is 9.80 Å². The molecule has 7 nitrogen and oxygen atoms in total. The van der Waals surface area contributed by atoms with E-state index in [9.17, 15) is 4.79 Å². The topological polar surface area (TPSA) is 67.2 Å². The Morgan fingerprint density at radius 1 is 1.16 bits per heavy atom. The molecule has 0 N–H and O–H groups in total. The predicted octanol–water partition coefficient (Wildman–Crippen LogP) is 1.36. The Morgan fingerprint density at radius 2 is 2.04 bits per heavy atom. The van der Waals surface area contributed by atoms with Gasteiger partial charge in [0.15, 0.2) is 5.82 Å². The largest absolute Gasteiger partial charge is 0.353 e. The molecule has 1 saturated heterocycles. The van der Waals surface area contributed by atoms with Crippen molar-refractivity contribution < 1.29 is 4.79 Å². The van der Waals surface area contributed by atoms with Crippen LogP contribution >= 0.6 is 0 Å². The maximum atomic E-state index is 12.8. The van der Waals surface area contributed by atoms with E-state index in [-0.39, 0.29) is 5.92 Å². The summed E-state index contributed by atoms with van der Waals surface area (Å²) in [4.78, 5) is 17.1. The van der Waals surface area contributed by atoms with E-state index in [2.05, 4.69) is 20.2 Å². The highest BCUT2D eigenvalue weighted by atomic mass is 16.2. The van der Waals surface area contributed by atoms with Gasteiger partial charge in [0.2, 0.25) is 5.91 Å². The van der Waals surface area contributed by atoms with Crippen LogP contribution in [0.25, 0.3) is 0 Å². The van der Waals surface area contributed by atoms with Gasteiger partial charge in [0.25, 0.3) is 0 Å². The van der Waals surface area contributed by atoms with E-state index in [0.717, 1.165) is 50.5 Å². The van der Waals surface area contributed by atoms with Gasteiger partial charge in [0.1, 0.15) is 0 Å². The summed E-state index contributed by atoms with van der Waals surface area (Å²) in [5.74, 6) is 1.68. The molecule has 1 aliphatic carbocycles. The highest BCUT2D eigenvalue weighted by molar-refractivity contribution is 5.83. The Hall–Kier alpha value is -2.44. The number of hydrogen-bond donors (Lipinski definition) is 0. The predicted molar refractivity (Wildman–Crippen MR) is 94.2 cm³/mol. The number of aryl methyl sites for hydroxylation is 2. The van der Waals surface area contributed by atoms with E-state index in [4.69, 9.17) is 0 Å². The first-order valence-corrected chi connectivity index (χ1v) is 8.94. The van der Waals surface area contributed by atoms with Crippen LogP contribution in [0.3, 0.4) is 0 Å². The molecule has 2 aromatic rings. The lowest BCUT2D eigenvalue weighted by molar-refractivity contribution is -0.132. The van der Waals surface area contributed by atoms with Gasteiger partial charge >= 0.3 is 0 Å². The van der Waals surface area contributed by atoms with Crippen molar-refractivity contribution in [3.05, 3.63) is 35.8 Å². The second kappa shape index (κ2) is 6.46. The molecule has 2 aromatic heterocycles. The molecule has 0 radical (unpaired) electrons. The Kier molecular flexibility index (Phi) is 4.15. The van der Waals surface area contributed by atoms with Crippen molar-refractivity contribution in [2.24, 2.45) is 13.0 Å². The lowest BCUT2D eigenvalue weighted by Crippen LogP contribution is -2.36. The highest BCUT2D eigenvalue weighted by Crippen LogP contribution is 2.48. The zero-order valence-corrected chi connectivity index (χ0v) is 14.8. The van der Waals surface area contributed by atoms with Gasteiger partial charge in [-0.25, -0.2) is 0 Å². The zero-order chi connectivity index (χ0) is 17.4. The van der Waals surface area contributed by atoms with Crippen molar-refractivity contribution in [2.45, 2.75) is 25.7 Å². The normalized spacial score (nSPS) is 23.4. The monoisotopic (exact) mass is 340 g/mol. The van der Waals surface area contributed by atoms with E-state index in [0.29, 0.717) is 11.8 Å². The second-order valence-corrected chi connectivity index (χ2v) is 7.09. The van der Waals surface area contributed by atoms with Crippen LogP contribution in [0.15, 0.2) is 24.5 Å². The first-order valence-electron chi connectivity index (χ1n) is 8.94. The number of aromatic nitrogens is 4. The number of amides is 1. The number of carbonyl (C=O) groups is 1. The molecule has 25 heavy (non-hydrogen) atoms. The lowest BCUT2D eigenvalue weighted by atomic mass is 10.2. The van der Waals surface area contributed by atoms with Crippen LogP contribution in [0.1, 0.15) is 30.0 Å². The maximum absolute atomic E-state index is 12.8. The van der Waals surface area contributed by atoms with Gasteiger partial charge in [-0.3, -0.25) is 9.48 Å². The third-order valence-corrected chi connectivity index (χ3v) is 5.18. The van der Waals surface area contributed by atoms with Gasteiger partial charge in [-0.1, -0.05) is 0 Å². The Bertz CT molecular complexity index is 755. The number of anilines is 1. The van der Waals surface area contributed by atoms with Crippen LogP contribution in [-0.4, -0.2) is 57.0 Å². The molecule has 0 aromatic carbocycles. The third kappa shape index (κ3) is 3.36. The fourth-order valence-electron chi connectivity index (χ4n) is 3.63. The third-order valence-electron chi connectivity index (χ3n) is 5.18. The van der Waals surface area contributed by atoms with Crippen LogP contribution < -0.4 is 4.90 Å². The molecule has 1 aliphatic heterocycles. The zero-order valence-electron chi connectivity index (χ0n) is 14.8. The first kappa shape index (κ1) is 16.1. The average Bonchev–Trinajstić information content (AvgIpc) is 3.35. The molecule has 2 atom stereocenters. The Balaban J connectivity index is 1.36. The van der Waals surface area contributed by atoms with Crippen molar-refractivity contribution in [3.63, 3.8) is 0 Å². The molecule has 7 heteroatoms. The molecule has 2 fully saturated rings. The summed E-state index contributed by atoms with van der Waals surface area (Å²) in [7, 11) is 1.92. The number of nitrogens with zero attached hydrogens (tertiary/aromatic N) is 6. The fraction of sp³-hybridized carbons (Fsp3) is 0.556. The molecule has 3 heterocycles. The molecule has 2 aliphatic rings. The smallest absolute Gasteiger partial charge is 0.226 e. The maximum Gasteiger partial charge on any atom is 0.226 e. The number of rotatable bonds is 3. The van der Waals surface area contributed by atoms with Crippen LogP contribution in [0.5, 0.6) is 0 Å². The number of carbonyl (C=O) groups excluding carboxylic acids is 1. The summed E-state index contributed by atoms with van der Waals surface area (Å²) in [6.45, 7) is 5.25. The molecule has 1 saturated carbocycles. The van der Waals surface area contributed by atoms with E-state index in [1.54, 1.807) is 0 Å². The molecule has 0 spiro atoms. The van der Waals surface area contributed by atoms with Gasteiger partial charge in [-0.15, -0.1) is 5.10 Å². The molecular formula is C18H24N6O. The SMILES string of the molecule is Cc1ccc(N2CCCN(C(=O)[C@@H]3C[C@H]3c3cnn(C)c3)CC2)nn1. The first-order chi connectivity index (χ1) is 12.1. The van der Waals surface area contributed by atoms with E-state index >= 15 is 0 Å². The summed E-state index contributed by atoms with van der Waals surface area (Å²) in [6.07, 6.45) is 5.83. The van der Waals surface area contributed by atoms with E-state index in [1.165, 1.54) is 5.56 Å². The molecule has 1 amide bonds. The minimum atomic E-state index is 0.134. The summed E-state index contributed by atoms with van der Waals surface area (Å²) in [5.41, 5.74) is 2.11. The summed E-state index contributed by atoms with van der Waals surface area (Å²) in [5, 5.41) is 12.6. The highest BCUT2D eigenvalue weighted by Gasteiger charge is 2.46. The lowest BCUT2D eigenvalue weighted by Gasteiger charge is -2.22. The minimum Gasteiger partial charge on any atom is -0.353 e. The van der Waals surface area contributed by atoms with Crippen LogP contribution in [0, 0.1) is 12.8 Å². The van der Waals surface area contributed by atoms with Crippen molar-refractivity contribution in [1.82, 2.24) is 24.9 Å². The van der Waals surface area contributed by atoms with Crippen molar-refractivity contribution in [1.29, 1.82) is 0 Å². The fourth-order valence-corrected chi connectivity index (χ4v) is 3.63. The molecule has 0 unspecified atom stereocenters. The summed E-state index contributed by atoms with van der Waals surface area (Å²) >= 11 is 0. The van der Waals surface area contributed by atoms with E-state index in [1.807, 2.05) is 48.1 Å². The van der Waals surface area contributed by atoms with Crippen LogP contribution in [-0.2, 0) is 11.8 Å². The van der Waals surface area contributed by atoms with Gasteiger partial charge in [-0.05, 0) is 43.4 Å². The number of hydrogen-bond acceptors (Lipinski definition) is 5. The molecule has 132 valence electrons. The van der Waals surface area contributed by atoms with Gasteiger partial charge in [0.05, 0.1) is 11.9 Å². The quantitative estimate of drug-likeness (QED) is 0.844. The standard InChI is InChI=1S/C18H24N6O/c1-13-4-5-17(21-20-13)23-6-3-7-24(9-8-23)18(25)16-10-15(16)14-11-19-22(2)12-14/h4-5,11-12,15-16H,3,6-10H2,1-2H3/t15-,16+/m0/s1. The molecule has 4 rings (SSSR count). The molecular weight excluding hydrogens is 316 g/mol. The summed E-state index contributed by atoms with van der Waals surface area (Å²) < 4.78 is 1.81. The van der Waals surface area contributed by atoms with Gasteiger partial charge in [-0.2, -0.15) is 10.2 Å². The minimum absolute atomic E-state index is 0.134. The summed E-state index contributed by atoms with van der Waals surface area (Å²) in [6, 6.07) is 4.00. The van der Waals surface area contributed by atoms with Gasteiger partial charge in [0, 0.05) is 45.3 Å². The second-order valence-electron chi connectivity index (χ2n) is 7.09. The van der Waals surface area contributed by atoms with Crippen LogP contribution in [0.2, 0.25) is 0 Å². The van der Waals surface area contributed by atoms with Crippen molar-refractivity contribution in [2.75, 3.05) is 31.1 Å². The average molecular weight is 340 g/mol. The van der Waals surface area contributed by atoms with Crippen molar-refractivity contribution in [3.8, 4) is 0 Å². The Labute approximate surface area is 147 Å². The van der Waals surface area contributed by atoms with E-state index < -0.39 is 0 Å². The molecule has 0 bridgehead atoms. The van der Waals surface area contributed by atoms with Crippen molar-refractivity contribution >= 4 is 11.7 Å². The Morgan fingerprint density at radius 3 is 2.76 bits per heavy atom.